The summed E-state index contributed by atoms with van der Waals surface area (Å²) >= 11 is 3.59. The van der Waals surface area contributed by atoms with Crippen molar-refractivity contribution in [2.24, 2.45) is 5.92 Å². The van der Waals surface area contributed by atoms with E-state index in [4.69, 9.17) is 0 Å². The van der Waals surface area contributed by atoms with E-state index in [-0.39, 0.29) is 6.10 Å². The molecule has 1 aliphatic rings. The molecule has 0 heterocycles. The van der Waals surface area contributed by atoms with Crippen LogP contribution < -0.4 is 0 Å². The van der Waals surface area contributed by atoms with Gasteiger partial charge in [0, 0.05) is 4.47 Å². The molecule has 0 amide bonds. The van der Waals surface area contributed by atoms with E-state index >= 15 is 0 Å². The highest BCUT2D eigenvalue weighted by Gasteiger charge is 2.24. The molecule has 0 aliphatic heterocycles. The Kier molecular flexibility index (Phi) is 3.90. The zero-order valence-electron chi connectivity index (χ0n) is 11.0. The Morgan fingerprint density at radius 3 is 2.37 bits per heavy atom. The van der Waals surface area contributed by atoms with Gasteiger partial charge in [-0.2, -0.15) is 0 Å². The SMILES string of the molecule is OC(c1ccc(Br)c2ccccc12)C1CCCCC1. The molecule has 0 saturated heterocycles. The van der Waals surface area contributed by atoms with Crippen molar-refractivity contribution in [3.05, 3.63) is 46.4 Å². The first-order chi connectivity index (χ1) is 9.27. The molecule has 2 aromatic rings. The van der Waals surface area contributed by atoms with Gasteiger partial charge >= 0.3 is 0 Å². The molecule has 1 aliphatic carbocycles. The molecule has 0 radical (unpaired) electrons. The summed E-state index contributed by atoms with van der Waals surface area (Å²) in [6.45, 7) is 0. The summed E-state index contributed by atoms with van der Waals surface area (Å²) in [7, 11) is 0. The van der Waals surface area contributed by atoms with Gasteiger partial charge in [0.05, 0.1) is 6.10 Å². The minimum Gasteiger partial charge on any atom is -0.388 e. The van der Waals surface area contributed by atoms with Gasteiger partial charge in [0.25, 0.3) is 0 Å². The average molecular weight is 319 g/mol. The van der Waals surface area contributed by atoms with Crippen molar-refractivity contribution in [3.8, 4) is 0 Å². The number of hydrogen-bond acceptors (Lipinski definition) is 1. The van der Waals surface area contributed by atoms with Gasteiger partial charge in [-0.05, 0) is 41.2 Å². The molecule has 1 unspecified atom stereocenters. The van der Waals surface area contributed by atoms with Crippen molar-refractivity contribution in [2.45, 2.75) is 38.2 Å². The monoisotopic (exact) mass is 318 g/mol. The van der Waals surface area contributed by atoms with E-state index < -0.39 is 0 Å². The first-order valence-electron chi connectivity index (χ1n) is 7.12. The fourth-order valence-corrected chi connectivity index (χ4v) is 3.73. The van der Waals surface area contributed by atoms with Crippen LogP contribution in [0.2, 0.25) is 0 Å². The lowest BCUT2D eigenvalue weighted by Gasteiger charge is -2.27. The van der Waals surface area contributed by atoms with Crippen LogP contribution in [-0.2, 0) is 0 Å². The third-order valence-corrected chi connectivity index (χ3v) is 5.01. The van der Waals surface area contributed by atoms with Gasteiger partial charge in [-0.1, -0.05) is 65.5 Å². The van der Waals surface area contributed by atoms with Crippen molar-refractivity contribution in [1.82, 2.24) is 0 Å². The van der Waals surface area contributed by atoms with Crippen molar-refractivity contribution in [1.29, 1.82) is 0 Å². The lowest BCUT2D eigenvalue weighted by Crippen LogP contribution is -2.16. The number of aliphatic hydroxyl groups excluding tert-OH is 1. The van der Waals surface area contributed by atoms with E-state index in [9.17, 15) is 5.11 Å². The van der Waals surface area contributed by atoms with Crippen LogP contribution in [0.3, 0.4) is 0 Å². The normalized spacial score (nSPS) is 18.6. The van der Waals surface area contributed by atoms with Crippen molar-refractivity contribution in [3.63, 3.8) is 0 Å². The van der Waals surface area contributed by atoms with Gasteiger partial charge < -0.3 is 5.11 Å². The fourth-order valence-electron chi connectivity index (χ4n) is 3.25. The Morgan fingerprint density at radius 1 is 0.947 bits per heavy atom. The second-order valence-electron chi connectivity index (χ2n) is 5.53. The Balaban J connectivity index is 2.02. The second kappa shape index (κ2) is 5.64. The largest absolute Gasteiger partial charge is 0.388 e. The number of aliphatic hydroxyl groups is 1. The van der Waals surface area contributed by atoms with E-state index in [2.05, 4.69) is 40.2 Å². The Bertz CT molecular complexity index is 572. The van der Waals surface area contributed by atoms with E-state index in [1.54, 1.807) is 0 Å². The van der Waals surface area contributed by atoms with Crippen LogP contribution in [0.15, 0.2) is 40.9 Å². The predicted octanol–water partition coefficient (Wildman–Crippen LogP) is 5.22. The maximum atomic E-state index is 10.7. The average Bonchev–Trinajstić information content (AvgIpc) is 2.48. The van der Waals surface area contributed by atoms with Crippen molar-refractivity contribution in [2.75, 3.05) is 0 Å². The smallest absolute Gasteiger partial charge is 0.0824 e. The first-order valence-corrected chi connectivity index (χ1v) is 7.92. The van der Waals surface area contributed by atoms with Crippen LogP contribution in [0.1, 0.15) is 43.8 Å². The Labute approximate surface area is 122 Å². The van der Waals surface area contributed by atoms with Crippen molar-refractivity contribution >= 4 is 26.7 Å². The predicted molar refractivity (Wildman–Crippen MR) is 83.2 cm³/mol. The molecule has 100 valence electrons. The molecule has 1 N–H and O–H groups in total. The molecule has 0 spiro atoms. The highest BCUT2D eigenvalue weighted by atomic mass is 79.9. The van der Waals surface area contributed by atoms with Crippen LogP contribution >= 0.6 is 15.9 Å². The maximum absolute atomic E-state index is 10.7. The lowest BCUT2D eigenvalue weighted by atomic mass is 9.81. The molecule has 1 fully saturated rings. The molecule has 2 aromatic carbocycles. The molecule has 1 nitrogen and oxygen atoms in total. The molecular formula is C17H19BrO. The summed E-state index contributed by atoms with van der Waals surface area (Å²) in [6.07, 6.45) is 5.84. The molecule has 0 bridgehead atoms. The summed E-state index contributed by atoms with van der Waals surface area (Å²) in [5.41, 5.74) is 1.09. The standard InChI is InChI=1S/C17H19BrO/c18-16-11-10-15(13-8-4-5-9-14(13)16)17(19)12-6-2-1-3-7-12/h4-5,8-12,17,19H,1-3,6-7H2. The zero-order chi connectivity index (χ0) is 13.2. The molecular weight excluding hydrogens is 300 g/mol. The number of rotatable bonds is 2. The summed E-state index contributed by atoms with van der Waals surface area (Å²) < 4.78 is 1.10. The van der Waals surface area contributed by atoms with E-state index in [1.807, 2.05) is 12.1 Å². The highest BCUT2D eigenvalue weighted by Crippen LogP contribution is 2.38. The quantitative estimate of drug-likeness (QED) is 0.805. The topological polar surface area (TPSA) is 20.2 Å². The summed E-state index contributed by atoms with van der Waals surface area (Å²) in [4.78, 5) is 0. The molecule has 2 heteroatoms. The van der Waals surface area contributed by atoms with Gasteiger partial charge in [0.1, 0.15) is 0 Å². The van der Waals surface area contributed by atoms with Gasteiger partial charge in [0.15, 0.2) is 0 Å². The van der Waals surface area contributed by atoms with Gasteiger partial charge in [-0.3, -0.25) is 0 Å². The van der Waals surface area contributed by atoms with Gasteiger partial charge in [-0.15, -0.1) is 0 Å². The number of halogens is 1. The van der Waals surface area contributed by atoms with E-state index in [0.29, 0.717) is 5.92 Å². The zero-order valence-corrected chi connectivity index (χ0v) is 12.6. The van der Waals surface area contributed by atoms with E-state index in [1.165, 1.54) is 30.0 Å². The van der Waals surface area contributed by atoms with Crippen LogP contribution in [0.5, 0.6) is 0 Å². The molecule has 3 rings (SSSR count). The number of fused-ring (bicyclic) bond motifs is 1. The van der Waals surface area contributed by atoms with Crippen LogP contribution in [0.25, 0.3) is 10.8 Å². The first kappa shape index (κ1) is 13.1. The van der Waals surface area contributed by atoms with Gasteiger partial charge in [0.2, 0.25) is 0 Å². The molecule has 1 saturated carbocycles. The third kappa shape index (κ3) is 2.56. The highest BCUT2D eigenvalue weighted by molar-refractivity contribution is 9.10. The maximum Gasteiger partial charge on any atom is 0.0824 e. The summed E-state index contributed by atoms with van der Waals surface area (Å²) in [6, 6.07) is 12.4. The third-order valence-electron chi connectivity index (χ3n) is 4.32. The van der Waals surface area contributed by atoms with Crippen LogP contribution in [-0.4, -0.2) is 5.11 Å². The number of hydrogen-bond donors (Lipinski definition) is 1. The van der Waals surface area contributed by atoms with Gasteiger partial charge in [-0.25, -0.2) is 0 Å². The molecule has 1 atom stereocenters. The minimum atomic E-state index is -0.321. The molecule has 0 aromatic heterocycles. The Hall–Kier alpha value is -0.860. The van der Waals surface area contributed by atoms with Crippen molar-refractivity contribution < 1.29 is 5.11 Å². The van der Waals surface area contributed by atoms with Crippen LogP contribution in [0.4, 0.5) is 0 Å². The Morgan fingerprint density at radius 2 is 1.63 bits per heavy atom. The van der Waals surface area contributed by atoms with Crippen LogP contribution in [0, 0.1) is 5.92 Å². The lowest BCUT2D eigenvalue weighted by molar-refractivity contribution is 0.0861. The van der Waals surface area contributed by atoms with E-state index in [0.717, 1.165) is 22.9 Å². The minimum absolute atomic E-state index is 0.321. The summed E-state index contributed by atoms with van der Waals surface area (Å²) in [5.74, 6) is 0.429. The molecule has 19 heavy (non-hydrogen) atoms. The fraction of sp³-hybridized carbons (Fsp3) is 0.412. The number of benzene rings is 2. The summed E-state index contributed by atoms with van der Waals surface area (Å²) in [5, 5.41) is 13.1. The second-order valence-corrected chi connectivity index (χ2v) is 6.38.